The lowest BCUT2D eigenvalue weighted by Gasteiger charge is -2.17. The fourth-order valence-corrected chi connectivity index (χ4v) is 3.71. The van der Waals surface area contributed by atoms with E-state index in [1.54, 1.807) is 0 Å². The topological polar surface area (TPSA) is 73.6 Å². The van der Waals surface area contributed by atoms with Gasteiger partial charge in [0.25, 0.3) is 5.91 Å². The Morgan fingerprint density at radius 1 is 0.897 bits per heavy atom. The predicted molar refractivity (Wildman–Crippen MR) is 115 cm³/mol. The van der Waals surface area contributed by atoms with E-state index in [1.165, 1.54) is 0 Å². The summed E-state index contributed by atoms with van der Waals surface area (Å²) >= 11 is 0. The van der Waals surface area contributed by atoms with Gasteiger partial charge in [0.15, 0.2) is 0 Å². The number of fused-ring (bicyclic) bond motifs is 2. The van der Waals surface area contributed by atoms with Gasteiger partial charge in [-0.05, 0) is 35.9 Å². The van der Waals surface area contributed by atoms with Gasteiger partial charge < -0.3 is 15.3 Å². The second-order valence-electron chi connectivity index (χ2n) is 7.09. The van der Waals surface area contributed by atoms with Crippen LogP contribution in [0.15, 0.2) is 85.1 Å². The first kappa shape index (κ1) is 17.3. The van der Waals surface area contributed by atoms with E-state index < -0.39 is 0 Å². The zero-order valence-electron chi connectivity index (χ0n) is 15.7. The van der Waals surface area contributed by atoms with Gasteiger partial charge in [-0.1, -0.05) is 48.5 Å². The van der Waals surface area contributed by atoms with Crippen LogP contribution in [0.5, 0.6) is 0 Å². The lowest BCUT2D eigenvalue weighted by atomic mass is 10.0. The van der Waals surface area contributed by atoms with Gasteiger partial charge in [0.1, 0.15) is 5.82 Å². The smallest absolute Gasteiger partial charge is 0.251 e. The fraction of sp³-hybridized carbons (Fsp3) is 0.0833. The monoisotopic (exact) mass is 380 g/mol. The molecule has 5 aromatic rings. The van der Waals surface area contributed by atoms with Crippen molar-refractivity contribution < 1.29 is 4.79 Å². The Morgan fingerprint density at radius 3 is 2.45 bits per heavy atom. The highest BCUT2D eigenvalue weighted by Gasteiger charge is 2.21. The van der Waals surface area contributed by atoms with E-state index in [0.717, 1.165) is 33.3 Å². The van der Waals surface area contributed by atoms with Crippen LogP contribution in [-0.2, 0) is 6.42 Å². The molecule has 0 fully saturated rings. The van der Waals surface area contributed by atoms with Crippen LogP contribution in [0.2, 0.25) is 0 Å². The number of amides is 1. The van der Waals surface area contributed by atoms with E-state index in [1.807, 2.05) is 72.9 Å². The van der Waals surface area contributed by atoms with Crippen molar-refractivity contribution in [2.24, 2.45) is 0 Å². The summed E-state index contributed by atoms with van der Waals surface area (Å²) in [4.78, 5) is 24.3. The molecule has 0 aliphatic carbocycles. The third kappa shape index (κ3) is 3.38. The molecule has 0 bridgehead atoms. The molecule has 0 saturated heterocycles. The van der Waals surface area contributed by atoms with Gasteiger partial charge >= 0.3 is 0 Å². The van der Waals surface area contributed by atoms with E-state index in [0.29, 0.717) is 12.0 Å². The predicted octanol–water partition coefficient (Wildman–Crippen LogP) is 4.76. The zero-order chi connectivity index (χ0) is 19.6. The molecule has 5 rings (SSSR count). The van der Waals surface area contributed by atoms with Gasteiger partial charge in [-0.15, -0.1) is 0 Å². The van der Waals surface area contributed by atoms with E-state index in [9.17, 15) is 4.79 Å². The number of rotatable bonds is 5. The highest BCUT2D eigenvalue weighted by atomic mass is 16.1. The van der Waals surface area contributed by atoms with Crippen LogP contribution in [0.25, 0.3) is 21.9 Å². The number of para-hydroxylation sites is 3. The molecule has 5 nitrogen and oxygen atoms in total. The second kappa shape index (κ2) is 7.28. The third-order valence-corrected chi connectivity index (χ3v) is 5.18. The van der Waals surface area contributed by atoms with Gasteiger partial charge in [0.05, 0.1) is 17.1 Å². The molecule has 1 amide bonds. The Morgan fingerprint density at radius 2 is 1.62 bits per heavy atom. The number of hydrogen-bond donors (Lipinski definition) is 3. The van der Waals surface area contributed by atoms with Crippen molar-refractivity contribution in [3.05, 3.63) is 102 Å². The highest BCUT2D eigenvalue weighted by molar-refractivity contribution is 5.94. The average molecular weight is 380 g/mol. The van der Waals surface area contributed by atoms with Crippen molar-refractivity contribution >= 4 is 27.8 Å². The number of H-pyrrole nitrogens is 2. The molecule has 0 unspecified atom stereocenters. The minimum absolute atomic E-state index is 0.115. The number of nitrogens with zero attached hydrogens (tertiary/aromatic N) is 1. The summed E-state index contributed by atoms with van der Waals surface area (Å²) in [6.45, 7) is 0. The van der Waals surface area contributed by atoms with Gasteiger partial charge in [-0.2, -0.15) is 0 Å². The molecular formula is C24H20N4O. The van der Waals surface area contributed by atoms with Crippen molar-refractivity contribution in [2.75, 3.05) is 0 Å². The van der Waals surface area contributed by atoms with Crippen LogP contribution in [0, 0.1) is 0 Å². The molecule has 0 radical (unpaired) electrons. The Hall–Kier alpha value is -3.86. The molecule has 0 saturated carbocycles. The minimum atomic E-state index is -0.283. The van der Waals surface area contributed by atoms with Gasteiger partial charge in [0, 0.05) is 29.1 Å². The lowest BCUT2D eigenvalue weighted by molar-refractivity contribution is 0.0935. The molecule has 0 aliphatic heterocycles. The minimum Gasteiger partial charge on any atom is -0.361 e. The van der Waals surface area contributed by atoms with Crippen molar-refractivity contribution in [1.82, 2.24) is 20.3 Å². The van der Waals surface area contributed by atoms with Crippen LogP contribution >= 0.6 is 0 Å². The van der Waals surface area contributed by atoms with Gasteiger partial charge in [0.2, 0.25) is 0 Å². The Balaban J connectivity index is 1.52. The molecule has 1 atom stereocenters. The molecule has 142 valence electrons. The van der Waals surface area contributed by atoms with Crippen molar-refractivity contribution in [3.8, 4) is 0 Å². The number of imidazole rings is 1. The Kier molecular flexibility index (Phi) is 4.33. The normalized spacial score (nSPS) is 12.3. The zero-order valence-corrected chi connectivity index (χ0v) is 15.7. The van der Waals surface area contributed by atoms with Crippen LogP contribution < -0.4 is 5.32 Å². The summed E-state index contributed by atoms with van der Waals surface area (Å²) in [5.74, 6) is 0.636. The molecule has 2 aromatic heterocycles. The quantitative estimate of drug-likeness (QED) is 0.411. The molecule has 3 aromatic carbocycles. The van der Waals surface area contributed by atoms with Gasteiger partial charge in [-0.25, -0.2) is 4.98 Å². The Labute approximate surface area is 167 Å². The van der Waals surface area contributed by atoms with Crippen LogP contribution in [0.1, 0.15) is 27.8 Å². The van der Waals surface area contributed by atoms with E-state index in [4.69, 9.17) is 4.98 Å². The largest absolute Gasteiger partial charge is 0.361 e. The first-order valence-corrected chi connectivity index (χ1v) is 9.63. The van der Waals surface area contributed by atoms with Crippen molar-refractivity contribution in [1.29, 1.82) is 0 Å². The molecule has 2 heterocycles. The number of carbonyl (C=O) groups is 1. The molecule has 5 heteroatoms. The Bertz CT molecular complexity index is 1250. The number of carbonyl (C=O) groups excluding carboxylic acids is 1. The van der Waals surface area contributed by atoms with Crippen LogP contribution in [0.4, 0.5) is 0 Å². The molecule has 0 aliphatic rings. The second-order valence-corrected chi connectivity index (χ2v) is 7.09. The summed E-state index contributed by atoms with van der Waals surface area (Å²) in [7, 11) is 0. The van der Waals surface area contributed by atoms with Crippen LogP contribution in [0.3, 0.4) is 0 Å². The highest BCUT2D eigenvalue weighted by Crippen LogP contribution is 2.25. The number of aromatic amines is 2. The average Bonchev–Trinajstić information content (AvgIpc) is 3.38. The summed E-state index contributed by atoms with van der Waals surface area (Å²) < 4.78 is 0. The summed E-state index contributed by atoms with van der Waals surface area (Å²) in [5, 5.41) is 4.32. The maximum absolute atomic E-state index is 12.9. The maximum atomic E-state index is 12.9. The number of benzene rings is 3. The number of hydrogen-bond acceptors (Lipinski definition) is 2. The molecule has 3 N–H and O–H groups in total. The van der Waals surface area contributed by atoms with Crippen molar-refractivity contribution in [2.45, 2.75) is 12.5 Å². The summed E-state index contributed by atoms with van der Waals surface area (Å²) in [6.07, 6.45) is 2.64. The third-order valence-electron chi connectivity index (χ3n) is 5.18. The van der Waals surface area contributed by atoms with Crippen molar-refractivity contribution in [3.63, 3.8) is 0 Å². The van der Waals surface area contributed by atoms with E-state index in [-0.39, 0.29) is 11.9 Å². The first-order chi connectivity index (χ1) is 14.3. The summed E-state index contributed by atoms with van der Waals surface area (Å²) in [5.41, 5.74) is 4.70. The SMILES string of the molecule is O=C(N[C@H](Cc1c[nH]c2ccccc12)c1nc2ccccc2[nH]1)c1ccccc1. The molecule has 29 heavy (non-hydrogen) atoms. The van der Waals surface area contributed by atoms with Gasteiger partial charge in [-0.3, -0.25) is 4.79 Å². The number of aromatic nitrogens is 3. The van der Waals surface area contributed by atoms with E-state index in [2.05, 4.69) is 27.4 Å². The molecule has 0 spiro atoms. The standard InChI is InChI=1S/C24H20N4O/c29-24(16-8-2-1-3-9-16)28-22(23-26-20-12-6-7-13-21(20)27-23)14-17-15-25-19-11-5-4-10-18(17)19/h1-13,15,22,25H,14H2,(H,26,27)(H,28,29)/t22-/m1/s1. The lowest BCUT2D eigenvalue weighted by Crippen LogP contribution is -2.30. The first-order valence-electron chi connectivity index (χ1n) is 9.63. The maximum Gasteiger partial charge on any atom is 0.251 e. The summed E-state index contributed by atoms with van der Waals surface area (Å²) in [6, 6.07) is 25.1. The van der Waals surface area contributed by atoms with Crippen LogP contribution in [-0.4, -0.2) is 20.9 Å². The fourth-order valence-electron chi connectivity index (χ4n) is 3.71. The van der Waals surface area contributed by atoms with E-state index >= 15 is 0 Å². The number of nitrogens with one attached hydrogen (secondary N) is 3. The molecular weight excluding hydrogens is 360 g/mol.